The zero-order valence-corrected chi connectivity index (χ0v) is 11.2. The van der Waals surface area contributed by atoms with Crippen LogP contribution >= 0.6 is 0 Å². The van der Waals surface area contributed by atoms with E-state index in [-0.39, 0.29) is 6.04 Å². The molecule has 0 bridgehead atoms. The summed E-state index contributed by atoms with van der Waals surface area (Å²) in [5.74, 6) is 0. The molecule has 0 radical (unpaired) electrons. The highest BCUT2D eigenvalue weighted by Gasteiger charge is 2.25. The SMILES string of the molecule is CCN(CC(C#N)NC1CC1)c1ccc(C)cc1. The highest BCUT2D eigenvalue weighted by atomic mass is 15.2. The average Bonchev–Trinajstić information content (AvgIpc) is 3.19. The molecule has 1 aromatic rings. The Hall–Kier alpha value is -1.53. The molecule has 1 fully saturated rings. The summed E-state index contributed by atoms with van der Waals surface area (Å²) in [6, 6.07) is 11.4. The molecule has 1 N–H and O–H groups in total. The molecule has 1 aliphatic carbocycles. The van der Waals surface area contributed by atoms with Crippen molar-refractivity contribution < 1.29 is 0 Å². The first kappa shape index (κ1) is 12.9. The number of anilines is 1. The Morgan fingerprint density at radius 2 is 2.06 bits per heavy atom. The van der Waals surface area contributed by atoms with Crippen LogP contribution in [0.5, 0.6) is 0 Å². The molecule has 1 aromatic carbocycles. The standard InChI is InChI=1S/C15H21N3/c1-3-18(15-8-4-12(2)5-9-15)11-14(10-16)17-13-6-7-13/h4-5,8-9,13-14,17H,3,6-7,11H2,1-2H3. The highest BCUT2D eigenvalue weighted by Crippen LogP contribution is 2.20. The second-order valence-corrected chi connectivity index (χ2v) is 5.00. The largest absolute Gasteiger partial charge is 0.369 e. The number of likely N-dealkylation sites (N-methyl/N-ethyl adjacent to an activating group) is 1. The molecule has 1 atom stereocenters. The highest BCUT2D eigenvalue weighted by molar-refractivity contribution is 5.47. The van der Waals surface area contributed by atoms with Crippen molar-refractivity contribution >= 4 is 5.69 Å². The third-order valence-corrected chi connectivity index (χ3v) is 3.35. The molecule has 1 saturated carbocycles. The Labute approximate surface area is 109 Å². The van der Waals surface area contributed by atoms with Crippen LogP contribution in [-0.2, 0) is 0 Å². The normalized spacial score (nSPS) is 16.1. The summed E-state index contributed by atoms with van der Waals surface area (Å²) < 4.78 is 0. The van der Waals surface area contributed by atoms with Crippen LogP contribution in [0.15, 0.2) is 24.3 Å². The first-order chi connectivity index (χ1) is 8.72. The van der Waals surface area contributed by atoms with E-state index in [1.54, 1.807) is 0 Å². The zero-order chi connectivity index (χ0) is 13.0. The van der Waals surface area contributed by atoms with Gasteiger partial charge in [-0.25, -0.2) is 0 Å². The van der Waals surface area contributed by atoms with Crippen molar-refractivity contribution in [3.05, 3.63) is 29.8 Å². The number of hydrogen-bond acceptors (Lipinski definition) is 3. The van der Waals surface area contributed by atoms with Gasteiger partial charge in [-0.1, -0.05) is 17.7 Å². The topological polar surface area (TPSA) is 39.1 Å². The Kier molecular flexibility index (Phi) is 4.22. The fourth-order valence-corrected chi connectivity index (χ4v) is 2.06. The fourth-order valence-electron chi connectivity index (χ4n) is 2.06. The number of rotatable bonds is 6. The molecule has 96 valence electrons. The van der Waals surface area contributed by atoms with E-state index in [1.165, 1.54) is 24.1 Å². The molecule has 0 aromatic heterocycles. The summed E-state index contributed by atoms with van der Waals surface area (Å²) >= 11 is 0. The lowest BCUT2D eigenvalue weighted by molar-refractivity contribution is 0.583. The molecular weight excluding hydrogens is 222 g/mol. The number of nitrogens with one attached hydrogen (secondary N) is 1. The van der Waals surface area contributed by atoms with Crippen molar-refractivity contribution in [2.75, 3.05) is 18.0 Å². The van der Waals surface area contributed by atoms with E-state index < -0.39 is 0 Å². The van der Waals surface area contributed by atoms with Crippen molar-refractivity contribution in [2.45, 2.75) is 38.8 Å². The monoisotopic (exact) mass is 243 g/mol. The van der Waals surface area contributed by atoms with E-state index in [9.17, 15) is 5.26 Å². The van der Waals surface area contributed by atoms with Gasteiger partial charge in [-0.2, -0.15) is 5.26 Å². The van der Waals surface area contributed by atoms with Crippen LogP contribution in [0.3, 0.4) is 0 Å². The summed E-state index contributed by atoms with van der Waals surface area (Å²) in [5.41, 5.74) is 2.46. The van der Waals surface area contributed by atoms with E-state index in [0.29, 0.717) is 6.04 Å². The quantitative estimate of drug-likeness (QED) is 0.834. The van der Waals surface area contributed by atoms with Gasteiger partial charge in [0.05, 0.1) is 6.07 Å². The minimum atomic E-state index is -0.0706. The van der Waals surface area contributed by atoms with Crippen molar-refractivity contribution in [1.82, 2.24) is 5.32 Å². The molecule has 0 saturated heterocycles. The van der Waals surface area contributed by atoms with Crippen LogP contribution < -0.4 is 10.2 Å². The molecule has 18 heavy (non-hydrogen) atoms. The van der Waals surface area contributed by atoms with Gasteiger partial charge in [-0.15, -0.1) is 0 Å². The molecule has 1 aliphatic rings. The van der Waals surface area contributed by atoms with Gasteiger partial charge in [0, 0.05) is 24.8 Å². The lowest BCUT2D eigenvalue weighted by Gasteiger charge is -2.26. The summed E-state index contributed by atoms with van der Waals surface area (Å²) in [4.78, 5) is 2.25. The van der Waals surface area contributed by atoms with Gasteiger partial charge in [-0.05, 0) is 38.8 Å². The Morgan fingerprint density at radius 3 is 2.56 bits per heavy atom. The van der Waals surface area contributed by atoms with Crippen molar-refractivity contribution in [3.8, 4) is 6.07 Å². The molecule has 2 rings (SSSR count). The van der Waals surface area contributed by atoms with Gasteiger partial charge in [0.25, 0.3) is 0 Å². The van der Waals surface area contributed by atoms with Gasteiger partial charge in [-0.3, -0.25) is 5.32 Å². The number of hydrogen-bond donors (Lipinski definition) is 1. The van der Waals surface area contributed by atoms with Crippen LogP contribution in [0.1, 0.15) is 25.3 Å². The van der Waals surface area contributed by atoms with Crippen LogP contribution in [0, 0.1) is 18.3 Å². The van der Waals surface area contributed by atoms with Crippen molar-refractivity contribution in [3.63, 3.8) is 0 Å². The van der Waals surface area contributed by atoms with Crippen molar-refractivity contribution in [1.29, 1.82) is 5.26 Å². The Morgan fingerprint density at radius 1 is 1.39 bits per heavy atom. The molecule has 0 spiro atoms. The summed E-state index contributed by atoms with van der Waals surface area (Å²) in [6.07, 6.45) is 2.43. The maximum absolute atomic E-state index is 9.20. The third kappa shape index (κ3) is 3.48. The molecule has 3 nitrogen and oxygen atoms in total. The fraction of sp³-hybridized carbons (Fsp3) is 0.533. The van der Waals surface area contributed by atoms with E-state index in [1.807, 2.05) is 0 Å². The van der Waals surface area contributed by atoms with E-state index in [4.69, 9.17) is 0 Å². The predicted molar refractivity (Wildman–Crippen MR) is 74.6 cm³/mol. The van der Waals surface area contributed by atoms with Crippen LogP contribution in [-0.4, -0.2) is 25.2 Å². The van der Waals surface area contributed by atoms with Crippen molar-refractivity contribution in [2.24, 2.45) is 0 Å². The molecule has 3 heteroatoms. The first-order valence-corrected chi connectivity index (χ1v) is 6.70. The minimum Gasteiger partial charge on any atom is -0.369 e. The Bertz CT molecular complexity index is 414. The molecule has 0 aliphatic heterocycles. The van der Waals surface area contributed by atoms with E-state index in [0.717, 1.165) is 13.1 Å². The van der Waals surface area contributed by atoms with Gasteiger partial charge in [0.15, 0.2) is 0 Å². The van der Waals surface area contributed by atoms with Gasteiger partial charge in [0.1, 0.15) is 6.04 Å². The maximum atomic E-state index is 9.20. The number of benzene rings is 1. The van der Waals surface area contributed by atoms with E-state index in [2.05, 4.69) is 54.4 Å². The summed E-state index contributed by atoms with van der Waals surface area (Å²) in [6.45, 7) is 5.90. The molecular formula is C15H21N3. The van der Waals surface area contributed by atoms with Crippen LogP contribution in [0.2, 0.25) is 0 Å². The third-order valence-electron chi connectivity index (χ3n) is 3.35. The minimum absolute atomic E-state index is 0.0706. The Balaban J connectivity index is 1.98. The molecule has 0 amide bonds. The maximum Gasteiger partial charge on any atom is 0.113 e. The summed E-state index contributed by atoms with van der Waals surface area (Å²) in [5, 5.41) is 12.6. The smallest absolute Gasteiger partial charge is 0.113 e. The van der Waals surface area contributed by atoms with Gasteiger partial charge >= 0.3 is 0 Å². The van der Waals surface area contributed by atoms with Gasteiger partial charge in [0.2, 0.25) is 0 Å². The molecule has 1 unspecified atom stereocenters. The van der Waals surface area contributed by atoms with Gasteiger partial charge < -0.3 is 4.90 Å². The number of aryl methyl sites for hydroxylation is 1. The molecule has 0 heterocycles. The van der Waals surface area contributed by atoms with Crippen LogP contribution in [0.4, 0.5) is 5.69 Å². The lowest BCUT2D eigenvalue weighted by Crippen LogP contribution is -2.41. The summed E-state index contributed by atoms with van der Waals surface area (Å²) in [7, 11) is 0. The average molecular weight is 243 g/mol. The first-order valence-electron chi connectivity index (χ1n) is 6.70. The second-order valence-electron chi connectivity index (χ2n) is 5.00. The predicted octanol–water partition coefficient (Wildman–Crippen LogP) is 2.47. The number of nitriles is 1. The second kappa shape index (κ2) is 5.88. The lowest BCUT2D eigenvalue weighted by atomic mass is 10.2. The zero-order valence-electron chi connectivity index (χ0n) is 11.2. The van der Waals surface area contributed by atoms with E-state index >= 15 is 0 Å². The number of nitrogens with zero attached hydrogens (tertiary/aromatic N) is 2. The van der Waals surface area contributed by atoms with Crippen LogP contribution in [0.25, 0.3) is 0 Å².